The van der Waals surface area contributed by atoms with Gasteiger partial charge in [0.1, 0.15) is 17.7 Å². The van der Waals surface area contributed by atoms with E-state index in [1.165, 1.54) is 16.2 Å². The van der Waals surface area contributed by atoms with E-state index >= 15 is 0 Å². The number of rotatable bonds is 8. The second kappa shape index (κ2) is 11.4. The molecule has 4 amide bonds. The van der Waals surface area contributed by atoms with Crippen LogP contribution in [0.1, 0.15) is 43.8 Å². The minimum absolute atomic E-state index is 0.0413. The Bertz CT molecular complexity index is 1290. The summed E-state index contributed by atoms with van der Waals surface area (Å²) in [5, 5.41) is 24.8. The van der Waals surface area contributed by atoms with Gasteiger partial charge in [-0.1, -0.05) is 23.4 Å². The van der Waals surface area contributed by atoms with E-state index in [0.717, 1.165) is 5.56 Å². The molecule has 3 heterocycles. The summed E-state index contributed by atoms with van der Waals surface area (Å²) < 4.78 is 5.29. The highest BCUT2D eigenvalue weighted by Gasteiger charge is 2.38. The van der Waals surface area contributed by atoms with Crippen molar-refractivity contribution in [3.8, 4) is 0 Å². The third-order valence-corrected chi connectivity index (χ3v) is 6.27. The molecule has 14 heteroatoms. The van der Waals surface area contributed by atoms with Crippen LogP contribution < -0.4 is 20.9 Å². The number of hydrogen-bond donors (Lipinski definition) is 4. The number of nitrogens with zero attached hydrogens (tertiary/aromatic N) is 4. The molecule has 4 rings (SSSR count). The molecular formula is C24H28N8O5S. The third kappa shape index (κ3) is 6.51. The van der Waals surface area contributed by atoms with E-state index in [1.54, 1.807) is 49.7 Å². The molecule has 0 unspecified atom stereocenters. The fourth-order valence-corrected chi connectivity index (χ4v) is 4.65. The highest BCUT2D eigenvalue weighted by atomic mass is 32.1. The van der Waals surface area contributed by atoms with Crippen molar-refractivity contribution in [2.45, 2.75) is 51.4 Å². The number of para-hydroxylation sites is 1. The van der Waals surface area contributed by atoms with Gasteiger partial charge in [-0.05, 0) is 54.8 Å². The Balaban J connectivity index is 1.44. The van der Waals surface area contributed by atoms with E-state index < -0.39 is 48.0 Å². The molecule has 1 aliphatic rings. The van der Waals surface area contributed by atoms with Gasteiger partial charge >= 0.3 is 6.09 Å². The average molecular weight is 541 g/mol. The molecule has 2 aromatic heterocycles. The number of H-pyrrole nitrogens is 1. The Morgan fingerprint density at radius 2 is 1.97 bits per heavy atom. The second-order valence-electron chi connectivity index (χ2n) is 9.51. The number of amides is 4. The number of hydrogen-bond acceptors (Lipinski definition) is 9. The summed E-state index contributed by atoms with van der Waals surface area (Å²) in [6.07, 6.45) is -0.451. The molecule has 38 heavy (non-hydrogen) atoms. The van der Waals surface area contributed by atoms with Crippen LogP contribution in [0.5, 0.6) is 0 Å². The molecule has 0 saturated heterocycles. The van der Waals surface area contributed by atoms with Crippen molar-refractivity contribution in [2.24, 2.45) is 0 Å². The Morgan fingerprint density at radius 1 is 1.18 bits per heavy atom. The van der Waals surface area contributed by atoms with Gasteiger partial charge in [-0.3, -0.25) is 19.3 Å². The minimum atomic E-state index is -1.07. The van der Waals surface area contributed by atoms with E-state index in [9.17, 15) is 19.2 Å². The van der Waals surface area contributed by atoms with E-state index in [-0.39, 0.29) is 6.54 Å². The standard InChI is InChI=1S/C24H28N8O5S/c1-24(2,3)37-23(36)27-20(15-8-9-38-13-15)22(35)26-12-19(33)32-16-7-5-4-6-14(16)10-17(32)21(34)25-11-18-28-30-31-29-18/h4-9,13,17,20H,10-12H2,1-3H3,(H,25,34)(H,26,35)(H,27,36)(H,28,29,30,31)/t17-,20-/m0/s1. The SMILES string of the molecule is CC(C)(C)OC(=O)N[C@H](C(=O)NCC(=O)N1c2ccccc2C[C@H]1C(=O)NCc1nn[nH]n1)c1ccsc1. The Hall–Kier alpha value is -4.33. The number of benzene rings is 1. The number of aromatic nitrogens is 4. The van der Waals surface area contributed by atoms with Crippen molar-refractivity contribution >= 4 is 40.8 Å². The van der Waals surface area contributed by atoms with Crippen LogP contribution in [0.25, 0.3) is 0 Å². The summed E-state index contributed by atoms with van der Waals surface area (Å²) >= 11 is 1.36. The number of tetrazole rings is 1. The monoisotopic (exact) mass is 540 g/mol. The van der Waals surface area contributed by atoms with E-state index in [1.807, 2.05) is 12.1 Å². The second-order valence-corrected chi connectivity index (χ2v) is 10.3. The van der Waals surface area contributed by atoms with Gasteiger partial charge in [0.25, 0.3) is 0 Å². The zero-order valence-electron chi connectivity index (χ0n) is 21.1. The molecule has 0 aliphatic carbocycles. The number of fused-ring (bicyclic) bond motifs is 1. The van der Waals surface area contributed by atoms with Gasteiger partial charge < -0.3 is 20.7 Å². The molecule has 200 valence electrons. The number of thiophene rings is 1. The first-order valence-electron chi connectivity index (χ1n) is 11.8. The first kappa shape index (κ1) is 26.7. The lowest BCUT2D eigenvalue weighted by Crippen LogP contribution is -2.51. The molecule has 3 aromatic rings. The van der Waals surface area contributed by atoms with Crippen LogP contribution in [-0.4, -0.2) is 62.6 Å². The zero-order chi connectivity index (χ0) is 27.3. The lowest BCUT2D eigenvalue weighted by atomic mass is 10.1. The minimum Gasteiger partial charge on any atom is -0.444 e. The molecule has 1 aromatic carbocycles. The van der Waals surface area contributed by atoms with E-state index in [2.05, 4.69) is 36.6 Å². The molecular weight excluding hydrogens is 512 g/mol. The number of nitrogens with one attached hydrogen (secondary N) is 4. The van der Waals surface area contributed by atoms with Gasteiger partial charge in [-0.2, -0.15) is 16.6 Å². The fraction of sp³-hybridized carbons (Fsp3) is 0.375. The van der Waals surface area contributed by atoms with E-state index in [4.69, 9.17) is 4.74 Å². The summed E-state index contributed by atoms with van der Waals surface area (Å²) in [7, 11) is 0. The smallest absolute Gasteiger partial charge is 0.408 e. The number of alkyl carbamates (subject to hydrolysis) is 1. The van der Waals surface area contributed by atoms with Gasteiger partial charge in [-0.25, -0.2) is 4.79 Å². The molecule has 4 N–H and O–H groups in total. The van der Waals surface area contributed by atoms with Gasteiger partial charge in [0, 0.05) is 12.1 Å². The number of aromatic amines is 1. The summed E-state index contributed by atoms with van der Waals surface area (Å²) in [6.45, 7) is 4.80. The van der Waals surface area contributed by atoms with Crippen molar-refractivity contribution in [3.63, 3.8) is 0 Å². The maximum atomic E-state index is 13.4. The molecule has 1 aliphatic heterocycles. The predicted octanol–water partition coefficient (Wildman–Crippen LogP) is 1.22. The highest BCUT2D eigenvalue weighted by Crippen LogP contribution is 2.32. The first-order chi connectivity index (χ1) is 18.1. The largest absolute Gasteiger partial charge is 0.444 e. The molecule has 0 spiro atoms. The van der Waals surface area contributed by atoms with Crippen molar-refractivity contribution < 1.29 is 23.9 Å². The Kier molecular flexibility index (Phi) is 8.00. The van der Waals surface area contributed by atoms with Crippen LogP contribution in [0.2, 0.25) is 0 Å². The summed E-state index contributed by atoms with van der Waals surface area (Å²) in [4.78, 5) is 53.2. The lowest BCUT2D eigenvalue weighted by molar-refractivity contribution is -0.128. The van der Waals surface area contributed by atoms with Gasteiger partial charge in [0.2, 0.25) is 17.7 Å². The van der Waals surface area contributed by atoms with Crippen LogP contribution >= 0.6 is 11.3 Å². The first-order valence-corrected chi connectivity index (χ1v) is 12.8. The van der Waals surface area contributed by atoms with Crippen LogP contribution in [0.4, 0.5) is 10.5 Å². The predicted molar refractivity (Wildman–Crippen MR) is 137 cm³/mol. The topological polar surface area (TPSA) is 171 Å². The van der Waals surface area contributed by atoms with Gasteiger partial charge in [0.05, 0.1) is 13.1 Å². The summed E-state index contributed by atoms with van der Waals surface area (Å²) in [6, 6.07) is 7.01. The van der Waals surface area contributed by atoms with E-state index in [0.29, 0.717) is 23.5 Å². The number of carbonyl (C=O) groups is 4. The van der Waals surface area contributed by atoms with Crippen molar-refractivity contribution in [1.82, 2.24) is 36.6 Å². The van der Waals surface area contributed by atoms with Crippen LogP contribution in [0.3, 0.4) is 0 Å². The van der Waals surface area contributed by atoms with Gasteiger partial charge in [0.15, 0.2) is 5.82 Å². The highest BCUT2D eigenvalue weighted by molar-refractivity contribution is 7.08. The Labute approximate surface area is 222 Å². The van der Waals surface area contributed by atoms with Crippen molar-refractivity contribution in [2.75, 3.05) is 11.4 Å². The number of anilines is 1. The van der Waals surface area contributed by atoms with Crippen LogP contribution in [0.15, 0.2) is 41.1 Å². The summed E-state index contributed by atoms with van der Waals surface area (Å²) in [5.74, 6) is -1.16. The third-order valence-electron chi connectivity index (χ3n) is 5.57. The molecule has 0 fully saturated rings. The zero-order valence-corrected chi connectivity index (χ0v) is 21.9. The maximum absolute atomic E-state index is 13.4. The fourth-order valence-electron chi connectivity index (χ4n) is 3.96. The van der Waals surface area contributed by atoms with Crippen LogP contribution in [0, 0.1) is 0 Å². The number of carbonyl (C=O) groups excluding carboxylic acids is 4. The average Bonchev–Trinajstić information content (AvgIpc) is 3.64. The normalized spacial score (nSPS) is 15.3. The molecule has 0 saturated carbocycles. The maximum Gasteiger partial charge on any atom is 0.408 e. The van der Waals surface area contributed by atoms with Gasteiger partial charge in [-0.15, -0.1) is 10.2 Å². The summed E-state index contributed by atoms with van der Waals surface area (Å²) in [5.41, 5.74) is 1.22. The van der Waals surface area contributed by atoms with Crippen LogP contribution in [-0.2, 0) is 32.1 Å². The number of ether oxygens (including phenoxy) is 1. The van der Waals surface area contributed by atoms with Crippen molar-refractivity contribution in [1.29, 1.82) is 0 Å². The molecule has 0 bridgehead atoms. The van der Waals surface area contributed by atoms with Crippen molar-refractivity contribution in [3.05, 3.63) is 58.0 Å². The Morgan fingerprint density at radius 3 is 2.66 bits per heavy atom. The molecule has 13 nitrogen and oxygen atoms in total. The lowest BCUT2D eigenvalue weighted by Gasteiger charge is -2.26. The quantitative estimate of drug-likeness (QED) is 0.330. The molecule has 0 radical (unpaired) electrons. The molecule has 2 atom stereocenters.